The van der Waals surface area contributed by atoms with Crippen LogP contribution in [0.3, 0.4) is 0 Å². The van der Waals surface area contributed by atoms with Gasteiger partial charge in [-0.2, -0.15) is 0 Å². The number of aromatic nitrogens is 1. The number of fused-ring (bicyclic) bond motifs is 1. The fourth-order valence-corrected chi connectivity index (χ4v) is 2.15. The average molecular weight is 220 g/mol. The first-order valence-corrected chi connectivity index (χ1v) is 5.61. The van der Waals surface area contributed by atoms with E-state index in [1.54, 1.807) is 6.20 Å². The van der Waals surface area contributed by atoms with Gasteiger partial charge in [0.25, 0.3) is 0 Å². The summed E-state index contributed by atoms with van der Waals surface area (Å²) >= 11 is 0. The highest BCUT2D eigenvalue weighted by molar-refractivity contribution is 5.65. The molecule has 2 heterocycles. The predicted molar refractivity (Wildman–Crippen MR) is 60.2 cm³/mol. The molecule has 1 amide bonds. The third-order valence-corrected chi connectivity index (χ3v) is 3.16. The van der Waals surface area contributed by atoms with E-state index < -0.39 is 6.09 Å². The molecular weight excluding hydrogens is 204 g/mol. The van der Waals surface area contributed by atoms with Gasteiger partial charge in [-0.15, -0.1) is 0 Å². The molecule has 86 valence electrons. The van der Waals surface area contributed by atoms with Gasteiger partial charge in [0.15, 0.2) is 0 Å². The minimum Gasteiger partial charge on any atom is -0.465 e. The Morgan fingerprint density at radius 2 is 2.50 bits per heavy atom. The quantitative estimate of drug-likeness (QED) is 0.789. The van der Waals surface area contributed by atoms with Crippen LogP contribution in [0.5, 0.6) is 0 Å². The standard InChI is InChI=1S/C12H16N2O2/c1-2-9-6-10-4-3-5-13-11(10)8-14(7-9)12(15)16/h3-5,9H,2,6-8H2,1H3,(H,15,16). The van der Waals surface area contributed by atoms with Gasteiger partial charge < -0.3 is 10.0 Å². The maximum atomic E-state index is 11.1. The Hall–Kier alpha value is -1.58. The number of pyridine rings is 1. The Morgan fingerprint density at radius 1 is 1.69 bits per heavy atom. The van der Waals surface area contributed by atoms with Crippen LogP contribution >= 0.6 is 0 Å². The maximum Gasteiger partial charge on any atom is 0.407 e. The molecule has 0 saturated heterocycles. The third kappa shape index (κ3) is 2.15. The lowest BCUT2D eigenvalue weighted by atomic mass is 9.97. The second kappa shape index (κ2) is 4.51. The highest BCUT2D eigenvalue weighted by atomic mass is 16.4. The van der Waals surface area contributed by atoms with Crippen molar-refractivity contribution in [1.29, 1.82) is 0 Å². The van der Waals surface area contributed by atoms with Gasteiger partial charge in [-0.25, -0.2) is 4.79 Å². The van der Waals surface area contributed by atoms with Crippen LogP contribution in [0.25, 0.3) is 0 Å². The molecule has 0 fully saturated rings. The normalized spacial score (nSPS) is 20.1. The molecule has 0 bridgehead atoms. The Bertz CT molecular complexity index is 392. The summed E-state index contributed by atoms with van der Waals surface area (Å²) in [6, 6.07) is 3.97. The molecule has 0 radical (unpaired) electrons. The number of carbonyl (C=O) groups is 1. The fourth-order valence-electron chi connectivity index (χ4n) is 2.15. The van der Waals surface area contributed by atoms with E-state index in [0.717, 1.165) is 18.5 Å². The molecule has 4 heteroatoms. The highest BCUT2D eigenvalue weighted by Crippen LogP contribution is 2.22. The first-order valence-electron chi connectivity index (χ1n) is 5.61. The van der Waals surface area contributed by atoms with E-state index in [2.05, 4.69) is 18.0 Å². The zero-order valence-corrected chi connectivity index (χ0v) is 9.39. The van der Waals surface area contributed by atoms with Crippen molar-refractivity contribution >= 4 is 6.09 Å². The number of hydrogen-bond acceptors (Lipinski definition) is 2. The molecule has 1 N–H and O–H groups in total. The van der Waals surface area contributed by atoms with Crippen molar-refractivity contribution in [2.24, 2.45) is 5.92 Å². The monoisotopic (exact) mass is 220 g/mol. The van der Waals surface area contributed by atoms with Crippen molar-refractivity contribution in [3.63, 3.8) is 0 Å². The van der Waals surface area contributed by atoms with Crippen molar-refractivity contribution < 1.29 is 9.90 Å². The summed E-state index contributed by atoms with van der Waals surface area (Å²) in [6.45, 7) is 3.14. The summed E-state index contributed by atoms with van der Waals surface area (Å²) < 4.78 is 0. The van der Waals surface area contributed by atoms with Gasteiger partial charge in [-0.05, 0) is 24.0 Å². The molecule has 1 atom stereocenters. The van der Waals surface area contributed by atoms with Gasteiger partial charge in [-0.3, -0.25) is 4.98 Å². The van der Waals surface area contributed by atoms with Gasteiger partial charge in [-0.1, -0.05) is 19.4 Å². The largest absolute Gasteiger partial charge is 0.465 e. The van der Waals surface area contributed by atoms with Gasteiger partial charge in [0.2, 0.25) is 0 Å². The topological polar surface area (TPSA) is 53.4 Å². The number of nitrogens with zero attached hydrogens (tertiary/aromatic N) is 2. The maximum absolute atomic E-state index is 11.1. The van der Waals surface area contributed by atoms with Crippen molar-refractivity contribution in [1.82, 2.24) is 9.88 Å². The molecule has 0 aromatic carbocycles. The van der Waals surface area contributed by atoms with Crippen LogP contribution in [-0.2, 0) is 13.0 Å². The fraction of sp³-hybridized carbons (Fsp3) is 0.500. The number of amides is 1. The van der Waals surface area contributed by atoms with Crippen LogP contribution in [0.4, 0.5) is 4.79 Å². The Kier molecular flexibility index (Phi) is 3.08. The van der Waals surface area contributed by atoms with Gasteiger partial charge in [0.05, 0.1) is 12.2 Å². The van der Waals surface area contributed by atoms with E-state index in [1.165, 1.54) is 10.5 Å². The van der Waals surface area contributed by atoms with Crippen LogP contribution in [-0.4, -0.2) is 27.6 Å². The molecule has 4 nitrogen and oxygen atoms in total. The van der Waals surface area contributed by atoms with E-state index in [0.29, 0.717) is 19.0 Å². The van der Waals surface area contributed by atoms with E-state index >= 15 is 0 Å². The summed E-state index contributed by atoms with van der Waals surface area (Å²) in [7, 11) is 0. The Morgan fingerprint density at radius 3 is 3.19 bits per heavy atom. The molecule has 16 heavy (non-hydrogen) atoms. The lowest BCUT2D eigenvalue weighted by Crippen LogP contribution is -2.32. The van der Waals surface area contributed by atoms with Gasteiger partial charge >= 0.3 is 6.09 Å². The molecule has 1 aromatic heterocycles. The Labute approximate surface area is 94.9 Å². The third-order valence-electron chi connectivity index (χ3n) is 3.16. The molecule has 0 aliphatic carbocycles. The van der Waals surface area contributed by atoms with E-state index in [-0.39, 0.29) is 0 Å². The van der Waals surface area contributed by atoms with E-state index in [4.69, 9.17) is 5.11 Å². The van der Waals surface area contributed by atoms with Gasteiger partial charge in [0, 0.05) is 12.7 Å². The van der Waals surface area contributed by atoms with Crippen LogP contribution in [0, 0.1) is 5.92 Å². The number of rotatable bonds is 1. The second-order valence-electron chi connectivity index (χ2n) is 4.25. The summed E-state index contributed by atoms with van der Waals surface area (Å²) in [5, 5.41) is 9.10. The summed E-state index contributed by atoms with van der Waals surface area (Å²) in [5.74, 6) is 0.404. The van der Waals surface area contributed by atoms with Crippen molar-refractivity contribution in [3.8, 4) is 0 Å². The SMILES string of the molecule is CCC1Cc2cccnc2CN(C(=O)O)C1. The molecule has 0 saturated carbocycles. The first-order chi connectivity index (χ1) is 7.70. The van der Waals surface area contributed by atoms with Crippen molar-refractivity contribution in [2.75, 3.05) is 6.54 Å². The molecule has 0 spiro atoms. The minimum atomic E-state index is -0.850. The first kappa shape index (κ1) is 10.9. The Balaban J connectivity index is 2.30. The second-order valence-corrected chi connectivity index (χ2v) is 4.25. The van der Waals surface area contributed by atoms with Crippen LogP contribution < -0.4 is 0 Å². The molecule has 1 aliphatic heterocycles. The summed E-state index contributed by atoms with van der Waals surface area (Å²) in [5.41, 5.74) is 2.10. The van der Waals surface area contributed by atoms with Crippen molar-refractivity contribution in [2.45, 2.75) is 26.3 Å². The zero-order chi connectivity index (χ0) is 11.5. The summed E-state index contributed by atoms with van der Waals surface area (Å²) in [4.78, 5) is 16.8. The molecule has 1 aromatic rings. The highest BCUT2D eigenvalue weighted by Gasteiger charge is 2.24. The minimum absolute atomic E-state index is 0.404. The number of carboxylic acid groups (broad SMARTS) is 1. The number of hydrogen-bond donors (Lipinski definition) is 1. The average Bonchev–Trinajstić information content (AvgIpc) is 2.47. The summed E-state index contributed by atoms with van der Waals surface area (Å²) in [6.07, 6.45) is 2.81. The van der Waals surface area contributed by atoms with Gasteiger partial charge in [0.1, 0.15) is 0 Å². The lowest BCUT2D eigenvalue weighted by Gasteiger charge is -2.20. The van der Waals surface area contributed by atoms with Crippen LogP contribution in [0.15, 0.2) is 18.3 Å². The van der Waals surface area contributed by atoms with Crippen LogP contribution in [0.2, 0.25) is 0 Å². The zero-order valence-electron chi connectivity index (χ0n) is 9.39. The van der Waals surface area contributed by atoms with Crippen molar-refractivity contribution in [3.05, 3.63) is 29.6 Å². The van der Waals surface area contributed by atoms with E-state index in [1.807, 2.05) is 6.07 Å². The van der Waals surface area contributed by atoms with Crippen LogP contribution in [0.1, 0.15) is 24.6 Å². The smallest absolute Gasteiger partial charge is 0.407 e. The molecule has 1 unspecified atom stereocenters. The molecular formula is C12H16N2O2. The van der Waals surface area contributed by atoms with E-state index in [9.17, 15) is 4.79 Å². The predicted octanol–water partition coefficient (Wildman–Crippen LogP) is 2.14. The molecule has 1 aliphatic rings. The lowest BCUT2D eigenvalue weighted by molar-refractivity contribution is 0.134. The molecule has 2 rings (SSSR count).